The molecule has 2 aromatic rings. The molecule has 0 aliphatic heterocycles. The van der Waals surface area contributed by atoms with Crippen molar-refractivity contribution in [2.24, 2.45) is 5.73 Å². The number of sulfonamides is 1. The van der Waals surface area contributed by atoms with E-state index in [4.69, 9.17) is 29.6 Å². The van der Waals surface area contributed by atoms with Crippen LogP contribution >= 0.6 is 51.1 Å². The van der Waals surface area contributed by atoms with Gasteiger partial charge in [0.2, 0.25) is 0 Å². The zero-order chi connectivity index (χ0) is 14.9. The number of nitrogens with one attached hydrogen (secondary N) is 1. The lowest BCUT2D eigenvalue weighted by molar-refractivity contribution is 0.603. The van der Waals surface area contributed by atoms with Gasteiger partial charge in [0.15, 0.2) is 0 Å². The minimum atomic E-state index is -3.73. The minimum absolute atomic E-state index is 0.104. The van der Waals surface area contributed by atoms with E-state index >= 15 is 0 Å². The Morgan fingerprint density at radius 3 is 2.60 bits per heavy atom. The number of thiocarbonyl (C=S) groups is 1. The van der Waals surface area contributed by atoms with Gasteiger partial charge in [-0.1, -0.05) is 36.0 Å². The van der Waals surface area contributed by atoms with Crippen molar-refractivity contribution in [2.75, 3.05) is 4.72 Å². The molecule has 0 atom stereocenters. The maximum Gasteiger partial charge on any atom is 0.271 e. The molecule has 9 heteroatoms. The van der Waals surface area contributed by atoms with E-state index < -0.39 is 10.0 Å². The number of anilines is 1. The van der Waals surface area contributed by atoms with Gasteiger partial charge in [0.05, 0.1) is 14.5 Å². The molecule has 2 rings (SSSR count). The van der Waals surface area contributed by atoms with Crippen LogP contribution in [-0.4, -0.2) is 13.4 Å². The number of hydrogen-bond acceptors (Lipinski definition) is 4. The largest absolute Gasteiger partial charge is 0.389 e. The lowest BCUT2D eigenvalue weighted by Crippen LogP contribution is -2.17. The van der Waals surface area contributed by atoms with E-state index in [1.54, 1.807) is 24.3 Å². The fraction of sp³-hybridized carbons (Fsp3) is 0. The molecule has 0 amide bonds. The van der Waals surface area contributed by atoms with Crippen molar-refractivity contribution in [2.45, 2.75) is 4.21 Å². The van der Waals surface area contributed by atoms with E-state index in [1.807, 2.05) is 0 Å². The van der Waals surface area contributed by atoms with Crippen molar-refractivity contribution in [3.8, 4) is 0 Å². The molecule has 0 fully saturated rings. The predicted molar refractivity (Wildman–Crippen MR) is 90.2 cm³/mol. The maximum atomic E-state index is 12.3. The third kappa shape index (κ3) is 3.32. The van der Waals surface area contributed by atoms with Crippen molar-refractivity contribution in [3.63, 3.8) is 0 Å². The molecule has 1 aromatic heterocycles. The second kappa shape index (κ2) is 5.98. The minimum Gasteiger partial charge on any atom is -0.389 e. The Kier molecular flexibility index (Phi) is 4.70. The second-order valence-electron chi connectivity index (χ2n) is 3.70. The van der Waals surface area contributed by atoms with E-state index in [0.717, 1.165) is 11.3 Å². The van der Waals surface area contributed by atoms with Gasteiger partial charge in [-0.25, -0.2) is 8.42 Å². The van der Waals surface area contributed by atoms with Gasteiger partial charge in [-0.15, -0.1) is 11.3 Å². The second-order valence-corrected chi connectivity index (χ2v) is 8.83. The summed E-state index contributed by atoms with van der Waals surface area (Å²) in [4.78, 5) is 0.119. The summed E-state index contributed by atoms with van der Waals surface area (Å²) in [7, 11) is -3.73. The first-order valence-electron chi connectivity index (χ1n) is 5.18. The zero-order valence-electron chi connectivity index (χ0n) is 9.76. The number of benzene rings is 1. The molecule has 0 aliphatic carbocycles. The third-order valence-electron chi connectivity index (χ3n) is 2.32. The lowest BCUT2D eigenvalue weighted by Gasteiger charge is -2.10. The van der Waals surface area contributed by atoms with Gasteiger partial charge in [-0.2, -0.15) is 0 Å². The van der Waals surface area contributed by atoms with Gasteiger partial charge in [-0.3, -0.25) is 4.72 Å². The molecule has 4 nitrogen and oxygen atoms in total. The Hall–Kier alpha value is -0.670. The van der Waals surface area contributed by atoms with Gasteiger partial charge >= 0.3 is 0 Å². The fourth-order valence-electron chi connectivity index (χ4n) is 1.44. The lowest BCUT2D eigenvalue weighted by atomic mass is 10.2. The van der Waals surface area contributed by atoms with E-state index in [0.29, 0.717) is 20.1 Å². The van der Waals surface area contributed by atoms with Gasteiger partial charge < -0.3 is 5.73 Å². The Morgan fingerprint density at radius 1 is 1.40 bits per heavy atom. The SMILES string of the molecule is NC(=S)c1ccccc1NS(=O)(=O)c1cc(Cl)c(Br)s1. The molecular weight excluding hydrogens is 404 g/mol. The molecular formula is C11H8BrClN2O2S3. The van der Waals surface area contributed by atoms with Crippen LogP contribution in [-0.2, 0) is 10.0 Å². The van der Waals surface area contributed by atoms with Crippen molar-refractivity contribution < 1.29 is 8.42 Å². The van der Waals surface area contributed by atoms with Crippen LogP contribution in [0.15, 0.2) is 38.3 Å². The summed E-state index contributed by atoms with van der Waals surface area (Å²) in [5.74, 6) is 0. The van der Waals surface area contributed by atoms with Crippen LogP contribution in [0.25, 0.3) is 0 Å². The highest BCUT2D eigenvalue weighted by Crippen LogP contribution is 2.35. The molecule has 0 saturated carbocycles. The van der Waals surface area contributed by atoms with E-state index in [9.17, 15) is 8.42 Å². The van der Waals surface area contributed by atoms with Gasteiger partial charge in [0, 0.05) is 5.56 Å². The van der Waals surface area contributed by atoms with Gasteiger partial charge in [0.25, 0.3) is 10.0 Å². The smallest absolute Gasteiger partial charge is 0.271 e. The summed E-state index contributed by atoms with van der Waals surface area (Å²) in [6.07, 6.45) is 0. The number of rotatable bonds is 4. The Bertz CT molecular complexity index is 754. The summed E-state index contributed by atoms with van der Waals surface area (Å²) in [6.45, 7) is 0. The summed E-state index contributed by atoms with van der Waals surface area (Å²) in [5.41, 5.74) is 6.37. The summed E-state index contributed by atoms with van der Waals surface area (Å²) in [5, 5.41) is 0.345. The number of thiophene rings is 1. The first-order valence-corrected chi connectivity index (χ1v) is 9.05. The zero-order valence-corrected chi connectivity index (χ0v) is 14.6. The molecule has 20 heavy (non-hydrogen) atoms. The normalized spacial score (nSPS) is 11.3. The number of para-hydroxylation sites is 1. The molecule has 0 radical (unpaired) electrons. The van der Waals surface area contributed by atoms with Crippen LogP contribution in [0.4, 0.5) is 5.69 Å². The topological polar surface area (TPSA) is 72.2 Å². The Labute approximate surface area is 139 Å². The summed E-state index contributed by atoms with van der Waals surface area (Å²) >= 11 is 15.0. The maximum absolute atomic E-state index is 12.3. The highest BCUT2D eigenvalue weighted by Gasteiger charge is 2.20. The van der Waals surface area contributed by atoms with Crippen LogP contribution in [0.1, 0.15) is 5.56 Å². The molecule has 106 valence electrons. The molecule has 0 bridgehead atoms. The van der Waals surface area contributed by atoms with Crippen molar-refractivity contribution in [1.82, 2.24) is 0 Å². The average Bonchev–Trinajstić information content (AvgIpc) is 2.70. The first-order chi connectivity index (χ1) is 9.31. The Balaban J connectivity index is 2.41. The highest BCUT2D eigenvalue weighted by molar-refractivity contribution is 9.11. The molecule has 0 saturated heterocycles. The monoisotopic (exact) mass is 410 g/mol. The van der Waals surface area contributed by atoms with Crippen molar-refractivity contribution in [1.29, 1.82) is 0 Å². The molecule has 1 aromatic carbocycles. The van der Waals surface area contributed by atoms with Crippen LogP contribution in [0.3, 0.4) is 0 Å². The third-order valence-corrected chi connectivity index (χ3v) is 6.86. The van der Waals surface area contributed by atoms with Gasteiger partial charge in [0.1, 0.15) is 9.20 Å². The Morgan fingerprint density at radius 2 is 2.05 bits per heavy atom. The predicted octanol–water partition coefficient (Wildman–Crippen LogP) is 3.60. The summed E-state index contributed by atoms with van der Waals surface area (Å²) in [6, 6.07) is 8.04. The molecule has 0 spiro atoms. The van der Waals surface area contributed by atoms with E-state index in [2.05, 4.69) is 20.7 Å². The van der Waals surface area contributed by atoms with Crippen molar-refractivity contribution in [3.05, 3.63) is 44.7 Å². The standard InChI is InChI=1S/C11H8BrClN2O2S3/c12-10-7(13)5-9(19-10)20(16,17)15-8-4-2-1-3-6(8)11(14)18/h1-5,15H,(H2,14,18). The van der Waals surface area contributed by atoms with E-state index in [-0.39, 0.29) is 9.20 Å². The highest BCUT2D eigenvalue weighted by atomic mass is 79.9. The number of hydrogen-bond donors (Lipinski definition) is 2. The fourth-order valence-corrected chi connectivity index (χ4v) is 5.10. The van der Waals surface area contributed by atoms with E-state index in [1.165, 1.54) is 6.07 Å². The average molecular weight is 412 g/mol. The van der Waals surface area contributed by atoms with Gasteiger partial charge in [-0.05, 0) is 34.1 Å². The molecule has 0 unspecified atom stereocenters. The summed E-state index contributed by atoms with van der Waals surface area (Å²) < 4.78 is 27.7. The van der Waals surface area contributed by atoms with Crippen LogP contribution < -0.4 is 10.5 Å². The molecule has 3 N–H and O–H groups in total. The number of nitrogens with two attached hydrogens (primary N) is 1. The quantitative estimate of drug-likeness (QED) is 0.754. The van der Waals surface area contributed by atoms with Crippen LogP contribution in [0, 0.1) is 0 Å². The van der Waals surface area contributed by atoms with Crippen LogP contribution in [0.2, 0.25) is 5.02 Å². The van der Waals surface area contributed by atoms with Crippen LogP contribution in [0.5, 0.6) is 0 Å². The molecule has 0 aliphatic rings. The van der Waals surface area contributed by atoms with Crippen molar-refractivity contribution >= 4 is 71.8 Å². The molecule has 1 heterocycles. The first kappa shape index (κ1) is 15.7. The number of halogens is 2.